The van der Waals surface area contributed by atoms with Crippen molar-refractivity contribution in [2.24, 2.45) is 0 Å². The zero-order chi connectivity index (χ0) is 25.1. The summed E-state index contributed by atoms with van der Waals surface area (Å²) in [7, 11) is 0. The second-order valence-electron chi connectivity index (χ2n) is 8.17. The van der Waals surface area contributed by atoms with Crippen LogP contribution in [0.15, 0.2) is 52.3 Å². The largest absolute Gasteiger partial charge is 0.473 e. The Labute approximate surface area is 204 Å². The minimum atomic E-state index is -1.82. The molecule has 2 aromatic carbocycles. The molecule has 0 atom stereocenters. The summed E-state index contributed by atoms with van der Waals surface area (Å²) < 4.78 is 0. The van der Waals surface area contributed by atoms with Crippen LogP contribution in [0.25, 0.3) is 0 Å². The monoisotopic (exact) mass is 487 g/mol. The molecule has 1 heterocycles. The van der Waals surface area contributed by atoms with Crippen LogP contribution in [0.5, 0.6) is 0 Å². The maximum Gasteiger partial charge on any atom is 0.414 e. The van der Waals surface area contributed by atoms with Gasteiger partial charge in [0.05, 0.1) is 6.54 Å². The fourth-order valence-corrected chi connectivity index (χ4v) is 4.42. The first-order valence-corrected chi connectivity index (χ1v) is 12.1. The van der Waals surface area contributed by atoms with Crippen LogP contribution < -0.4 is 5.32 Å². The molecule has 0 aliphatic carbocycles. The van der Waals surface area contributed by atoms with E-state index in [1.165, 1.54) is 27.3 Å². The minimum absolute atomic E-state index is 0.0683. The summed E-state index contributed by atoms with van der Waals surface area (Å²) in [5.74, 6) is -3.58. The van der Waals surface area contributed by atoms with Crippen molar-refractivity contribution in [3.63, 3.8) is 0 Å². The summed E-state index contributed by atoms with van der Waals surface area (Å²) >= 11 is 1.76. The number of amides is 1. The average Bonchev–Trinajstić information content (AvgIpc) is 2.79. The van der Waals surface area contributed by atoms with Gasteiger partial charge in [0, 0.05) is 41.7 Å². The van der Waals surface area contributed by atoms with Gasteiger partial charge in [0.2, 0.25) is 5.91 Å². The van der Waals surface area contributed by atoms with E-state index in [9.17, 15) is 4.79 Å². The highest BCUT2D eigenvalue weighted by Crippen LogP contribution is 2.31. The predicted octanol–water partition coefficient (Wildman–Crippen LogP) is 3.58. The molecule has 0 aromatic heterocycles. The van der Waals surface area contributed by atoms with Crippen molar-refractivity contribution in [2.75, 3.05) is 44.6 Å². The number of nitrogens with zero attached hydrogens (tertiary/aromatic N) is 2. The number of carboxylic acids is 2. The van der Waals surface area contributed by atoms with Gasteiger partial charge in [-0.3, -0.25) is 9.69 Å². The molecule has 1 saturated heterocycles. The second kappa shape index (κ2) is 13.7. The smallest absolute Gasteiger partial charge is 0.414 e. The molecule has 8 nitrogen and oxygen atoms in total. The third-order valence-corrected chi connectivity index (χ3v) is 6.44. The van der Waals surface area contributed by atoms with Crippen LogP contribution in [-0.2, 0) is 14.4 Å². The van der Waals surface area contributed by atoms with E-state index in [2.05, 4.69) is 66.2 Å². The van der Waals surface area contributed by atoms with E-state index < -0.39 is 11.9 Å². The Morgan fingerprint density at radius 2 is 1.50 bits per heavy atom. The minimum Gasteiger partial charge on any atom is -0.473 e. The predicted molar refractivity (Wildman–Crippen MR) is 134 cm³/mol. The molecule has 0 spiro atoms. The Bertz CT molecular complexity index is 961. The van der Waals surface area contributed by atoms with E-state index in [0.717, 1.165) is 38.4 Å². The lowest BCUT2D eigenvalue weighted by Gasteiger charge is -2.34. The number of carbonyl (C=O) groups excluding carboxylic acids is 1. The van der Waals surface area contributed by atoms with E-state index in [1.54, 1.807) is 11.8 Å². The standard InChI is InChI=1S/C23H31N3OS.C2H2O4/c1-4-11-25-12-14-26(15-13-25)17-23(27)24-20-6-8-21(9-7-20)28-22-10-5-18(2)16-19(22)3;3-1(4)2(5)6/h5-10,16H,4,11-15,17H2,1-3H3,(H,24,27);(H,3,4)(H,5,6). The number of carboxylic acid groups (broad SMARTS) is 2. The van der Waals surface area contributed by atoms with Crippen molar-refractivity contribution >= 4 is 35.3 Å². The molecular formula is C25H33N3O5S. The van der Waals surface area contributed by atoms with Crippen LogP contribution >= 0.6 is 11.8 Å². The lowest BCUT2D eigenvalue weighted by atomic mass is 10.2. The van der Waals surface area contributed by atoms with Crippen LogP contribution in [0.1, 0.15) is 24.5 Å². The maximum absolute atomic E-state index is 12.4. The van der Waals surface area contributed by atoms with Crippen molar-refractivity contribution in [1.82, 2.24) is 9.80 Å². The highest BCUT2D eigenvalue weighted by Gasteiger charge is 2.18. The SMILES string of the molecule is CCCN1CCN(CC(=O)Nc2ccc(Sc3ccc(C)cc3C)cc2)CC1.O=C(O)C(=O)O. The topological polar surface area (TPSA) is 110 Å². The zero-order valence-electron chi connectivity index (χ0n) is 19.9. The number of aliphatic carboxylic acids is 2. The molecule has 0 bridgehead atoms. The second-order valence-corrected chi connectivity index (χ2v) is 9.29. The van der Waals surface area contributed by atoms with Crippen LogP contribution in [0.4, 0.5) is 5.69 Å². The molecular weight excluding hydrogens is 454 g/mol. The molecule has 34 heavy (non-hydrogen) atoms. The first-order valence-electron chi connectivity index (χ1n) is 11.2. The maximum atomic E-state index is 12.4. The number of aryl methyl sites for hydroxylation is 2. The fourth-order valence-electron chi connectivity index (χ4n) is 3.54. The van der Waals surface area contributed by atoms with E-state index in [4.69, 9.17) is 19.8 Å². The highest BCUT2D eigenvalue weighted by molar-refractivity contribution is 7.99. The third-order valence-electron chi connectivity index (χ3n) is 5.25. The van der Waals surface area contributed by atoms with Gasteiger partial charge in [0.25, 0.3) is 0 Å². The molecule has 1 aliphatic heterocycles. The summed E-state index contributed by atoms with van der Waals surface area (Å²) in [5, 5.41) is 17.8. The molecule has 2 aromatic rings. The van der Waals surface area contributed by atoms with Crippen molar-refractivity contribution in [1.29, 1.82) is 0 Å². The van der Waals surface area contributed by atoms with Crippen molar-refractivity contribution in [2.45, 2.75) is 37.0 Å². The van der Waals surface area contributed by atoms with Crippen LogP contribution in [0.2, 0.25) is 0 Å². The summed E-state index contributed by atoms with van der Waals surface area (Å²) in [6.45, 7) is 12.2. The molecule has 3 rings (SSSR count). The Balaban J connectivity index is 0.000000604. The number of hydrogen-bond acceptors (Lipinski definition) is 6. The van der Waals surface area contributed by atoms with Gasteiger partial charge in [-0.1, -0.05) is 36.4 Å². The van der Waals surface area contributed by atoms with Crippen molar-refractivity contribution in [3.05, 3.63) is 53.6 Å². The van der Waals surface area contributed by atoms with Gasteiger partial charge in [-0.2, -0.15) is 0 Å². The van der Waals surface area contributed by atoms with Crippen molar-refractivity contribution in [3.8, 4) is 0 Å². The number of nitrogens with one attached hydrogen (secondary N) is 1. The first kappa shape index (κ1) is 27.4. The van der Waals surface area contributed by atoms with E-state index in [-0.39, 0.29) is 5.91 Å². The lowest BCUT2D eigenvalue weighted by molar-refractivity contribution is -0.159. The summed E-state index contributed by atoms with van der Waals surface area (Å²) in [6, 6.07) is 14.6. The van der Waals surface area contributed by atoms with Crippen LogP contribution in [-0.4, -0.2) is 77.1 Å². The molecule has 184 valence electrons. The molecule has 0 unspecified atom stereocenters. The van der Waals surface area contributed by atoms with Gasteiger partial charge in [-0.15, -0.1) is 0 Å². The molecule has 0 saturated carbocycles. The van der Waals surface area contributed by atoms with E-state index >= 15 is 0 Å². The Morgan fingerprint density at radius 1 is 0.912 bits per heavy atom. The van der Waals surface area contributed by atoms with Gasteiger partial charge in [-0.25, -0.2) is 9.59 Å². The molecule has 1 aliphatic rings. The first-order chi connectivity index (χ1) is 16.2. The van der Waals surface area contributed by atoms with Gasteiger partial charge in [0.15, 0.2) is 0 Å². The van der Waals surface area contributed by atoms with Gasteiger partial charge < -0.3 is 20.4 Å². The number of carbonyl (C=O) groups is 3. The molecule has 0 radical (unpaired) electrons. The quantitative estimate of drug-likeness (QED) is 0.509. The average molecular weight is 488 g/mol. The fraction of sp³-hybridized carbons (Fsp3) is 0.400. The van der Waals surface area contributed by atoms with Gasteiger partial charge in [-0.05, 0) is 62.7 Å². The van der Waals surface area contributed by atoms with E-state index in [0.29, 0.717) is 6.54 Å². The zero-order valence-corrected chi connectivity index (χ0v) is 20.7. The summed E-state index contributed by atoms with van der Waals surface area (Å²) in [4.78, 5) is 37.7. The van der Waals surface area contributed by atoms with Gasteiger partial charge >= 0.3 is 11.9 Å². The molecule has 9 heteroatoms. The van der Waals surface area contributed by atoms with Crippen LogP contribution in [0, 0.1) is 13.8 Å². The third kappa shape index (κ3) is 9.54. The number of benzene rings is 2. The lowest BCUT2D eigenvalue weighted by Crippen LogP contribution is -2.48. The van der Waals surface area contributed by atoms with E-state index in [1.807, 2.05) is 12.1 Å². The normalized spacial score (nSPS) is 14.1. The van der Waals surface area contributed by atoms with Gasteiger partial charge in [0.1, 0.15) is 0 Å². The number of rotatable bonds is 7. The highest BCUT2D eigenvalue weighted by atomic mass is 32.2. The number of anilines is 1. The number of hydrogen-bond donors (Lipinski definition) is 3. The molecule has 1 amide bonds. The Morgan fingerprint density at radius 3 is 2.03 bits per heavy atom. The Hall–Kier alpha value is -2.88. The Kier molecular flexibility index (Phi) is 11.1. The molecule has 1 fully saturated rings. The van der Waals surface area contributed by atoms with Crippen molar-refractivity contribution < 1.29 is 24.6 Å². The molecule has 3 N–H and O–H groups in total. The summed E-state index contributed by atoms with van der Waals surface area (Å²) in [5.41, 5.74) is 3.44. The van der Waals surface area contributed by atoms with Crippen LogP contribution in [0.3, 0.4) is 0 Å². The number of piperazine rings is 1. The summed E-state index contributed by atoms with van der Waals surface area (Å²) in [6.07, 6.45) is 1.19.